The third kappa shape index (κ3) is 7.70. The molecule has 44 heavy (non-hydrogen) atoms. The minimum absolute atomic E-state index is 0.193. The van der Waals surface area contributed by atoms with E-state index in [2.05, 4.69) is 36.5 Å². The van der Waals surface area contributed by atoms with Crippen molar-refractivity contribution in [2.45, 2.75) is 25.7 Å². The lowest BCUT2D eigenvalue weighted by Gasteiger charge is -2.38. The Labute approximate surface area is 264 Å². The summed E-state index contributed by atoms with van der Waals surface area (Å²) in [6.07, 6.45) is 5.14. The molecular formula is C30H38ClN7O5S. The van der Waals surface area contributed by atoms with Gasteiger partial charge < -0.3 is 30.3 Å². The van der Waals surface area contributed by atoms with Gasteiger partial charge in [0.05, 0.1) is 36.3 Å². The summed E-state index contributed by atoms with van der Waals surface area (Å²) in [5.41, 5.74) is 2.83. The summed E-state index contributed by atoms with van der Waals surface area (Å²) in [5.74, 6) is 1.03. The first-order valence-corrected chi connectivity index (χ1v) is 16.0. The maximum absolute atomic E-state index is 11.6. The topological polar surface area (TPSA) is 143 Å². The first kappa shape index (κ1) is 31.8. The fourth-order valence-electron chi connectivity index (χ4n) is 5.78. The molecule has 2 aromatic carbocycles. The Balaban J connectivity index is 1.21. The number of aromatic nitrogens is 2. The van der Waals surface area contributed by atoms with E-state index in [0.29, 0.717) is 40.5 Å². The van der Waals surface area contributed by atoms with Crippen molar-refractivity contribution in [1.82, 2.24) is 14.9 Å². The predicted octanol–water partition coefficient (Wildman–Crippen LogP) is 5.21. The summed E-state index contributed by atoms with van der Waals surface area (Å²) in [7, 11) is 3.14. The van der Waals surface area contributed by atoms with Crippen LogP contribution in [0.15, 0.2) is 48.7 Å². The first-order valence-electron chi connectivity index (χ1n) is 14.6. The highest BCUT2D eigenvalue weighted by Gasteiger charge is 2.27. The number of carboxylic acid groups (broad SMARTS) is 1. The number of nitrogens with zero attached hydrogens (tertiary/aromatic N) is 5. The molecule has 2 aliphatic rings. The Morgan fingerprint density at radius 2 is 1.82 bits per heavy atom. The molecule has 1 aromatic heterocycles. The van der Waals surface area contributed by atoms with E-state index in [-0.39, 0.29) is 10.9 Å². The largest absolute Gasteiger partial charge is 0.494 e. The van der Waals surface area contributed by atoms with Crippen molar-refractivity contribution in [3.05, 3.63) is 53.7 Å². The molecular weight excluding hydrogens is 606 g/mol. The number of carboxylic acids is 1. The third-order valence-electron chi connectivity index (χ3n) is 8.34. The second-order valence-electron chi connectivity index (χ2n) is 11.1. The summed E-state index contributed by atoms with van der Waals surface area (Å²) in [6.45, 7) is 4.67. The van der Waals surface area contributed by atoms with Crippen LogP contribution in [0.3, 0.4) is 0 Å². The van der Waals surface area contributed by atoms with Crippen LogP contribution >= 0.6 is 11.6 Å². The maximum atomic E-state index is 11.6. The summed E-state index contributed by atoms with van der Waals surface area (Å²) in [5, 5.41) is 15.9. The Hall–Kier alpha value is -3.65. The number of rotatable bonds is 11. The Bertz CT molecular complexity index is 1480. The van der Waals surface area contributed by atoms with Crippen molar-refractivity contribution >= 4 is 63.4 Å². The number of benzene rings is 2. The number of carbonyl (C=O) groups is 1. The molecule has 2 saturated heterocycles. The van der Waals surface area contributed by atoms with Crippen molar-refractivity contribution in [1.29, 1.82) is 0 Å². The quantitative estimate of drug-likeness (QED) is 0.204. The van der Waals surface area contributed by atoms with Gasteiger partial charge in [-0.1, -0.05) is 23.7 Å². The molecule has 0 radical (unpaired) electrons. The van der Waals surface area contributed by atoms with Crippen LogP contribution in [0.1, 0.15) is 25.7 Å². The van der Waals surface area contributed by atoms with Gasteiger partial charge in [-0.25, -0.2) is 9.19 Å². The monoisotopic (exact) mass is 643 g/mol. The number of aliphatic carboxylic acids is 1. The highest BCUT2D eigenvalue weighted by molar-refractivity contribution is 7.80. The second-order valence-corrected chi connectivity index (χ2v) is 12.5. The molecule has 3 aromatic rings. The van der Waals surface area contributed by atoms with Gasteiger partial charge >= 0.3 is 5.97 Å². The van der Waals surface area contributed by atoms with Gasteiger partial charge in [-0.05, 0) is 69.0 Å². The summed E-state index contributed by atoms with van der Waals surface area (Å²) in [4.78, 5) is 24.9. The first-order chi connectivity index (χ1) is 21.2. The second kappa shape index (κ2) is 14.4. The highest BCUT2D eigenvalue weighted by atomic mass is 35.5. The summed E-state index contributed by atoms with van der Waals surface area (Å²) in [6, 6.07) is 13.1. The molecule has 1 atom stereocenters. The van der Waals surface area contributed by atoms with E-state index in [9.17, 15) is 18.7 Å². The lowest BCUT2D eigenvalue weighted by molar-refractivity contribution is -0.143. The fourth-order valence-corrected chi connectivity index (χ4v) is 6.25. The van der Waals surface area contributed by atoms with Gasteiger partial charge in [0.1, 0.15) is 10.8 Å². The molecule has 0 amide bonds. The zero-order valence-electron chi connectivity index (χ0n) is 24.8. The van der Waals surface area contributed by atoms with E-state index in [1.807, 2.05) is 12.1 Å². The number of piperidine rings is 2. The predicted molar refractivity (Wildman–Crippen MR) is 174 cm³/mol. The zero-order valence-corrected chi connectivity index (χ0v) is 26.4. The van der Waals surface area contributed by atoms with Gasteiger partial charge in [0.25, 0.3) is 11.3 Å². The summed E-state index contributed by atoms with van der Waals surface area (Å²) >= 11 is 4.20. The highest BCUT2D eigenvalue weighted by Crippen LogP contribution is 2.35. The van der Waals surface area contributed by atoms with E-state index >= 15 is 0 Å². The molecule has 12 nitrogen and oxygen atoms in total. The number of methoxy groups -OCH3 is 1. The van der Waals surface area contributed by atoms with E-state index < -0.39 is 17.2 Å². The number of likely N-dealkylation sites (tertiary alicyclic amines) is 1. The molecule has 1 unspecified atom stereocenters. The minimum atomic E-state index is -2.20. The number of hydrogen-bond acceptors (Lipinski definition) is 9. The molecule has 3 heterocycles. The van der Waals surface area contributed by atoms with Gasteiger partial charge in [0.15, 0.2) is 5.82 Å². The Morgan fingerprint density at radius 1 is 1.09 bits per heavy atom. The normalized spacial score (nSPS) is 17.2. The number of hydrogen-bond donors (Lipinski definition) is 4. The van der Waals surface area contributed by atoms with Gasteiger partial charge in [0, 0.05) is 38.4 Å². The van der Waals surface area contributed by atoms with E-state index in [0.717, 1.165) is 64.1 Å². The maximum Gasteiger partial charge on any atom is 0.306 e. The van der Waals surface area contributed by atoms with Crippen LogP contribution in [0.5, 0.6) is 5.75 Å². The van der Waals surface area contributed by atoms with Crippen molar-refractivity contribution < 1.29 is 23.4 Å². The molecule has 4 N–H and O–H groups in total. The number of halogens is 1. The van der Waals surface area contributed by atoms with E-state index in [1.165, 1.54) is 17.5 Å². The minimum Gasteiger partial charge on any atom is -0.494 e. The molecule has 0 saturated carbocycles. The van der Waals surface area contributed by atoms with Gasteiger partial charge in [0.2, 0.25) is 5.95 Å². The van der Waals surface area contributed by atoms with Crippen molar-refractivity contribution in [3.8, 4) is 5.75 Å². The standard InChI is InChI=1S/C30H38ClN7O5S/c1-36(44(41)42)26-6-4-3-5-24(26)33-28-23(31)18-32-30(35-28)34-25-8-7-22(17-27(25)43-2)38-15-9-20(10-16-38)19-37-13-11-21(12-14-37)29(39)40/h3-8,17-18,20-21H,9-16,19H2,1-2H3,(H,39,40)(H,41,42)(H2,32,33,34,35). The molecule has 0 bridgehead atoms. The van der Waals surface area contributed by atoms with Crippen molar-refractivity contribution in [2.75, 3.05) is 66.7 Å². The van der Waals surface area contributed by atoms with Crippen LogP contribution in [0, 0.1) is 11.8 Å². The lowest BCUT2D eigenvalue weighted by atomic mass is 9.92. The third-order valence-corrected chi connectivity index (χ3v) is 9.28. The number of para-hydroxylation sites is 2. The number of anilines is 6. The SMILES string of the molecule is COc1cc(N2CCC(CN3CCC(C(=O)O)CC3)CC2)ccc1Nc1ncc(Cl)c(Nc2ccccc2N(C)S(=O)O)n1. The summed E-state index contributed by atoms with van der Waals surface area (Å²) < 4.78 is 28.1. The molecule has 2 aliphatic heterocycles. The number of ether oxygens (including phenoxy) is 1. The van der Waals surface area contributed by atoms with Crippen LogP contribution in [0.25, 0.3) is 0 Å². The molecule has 5 rings (SSSR count). The van der Waals surface area contributed by atoms with Gasteiger partial charge in [-0.15, -0.1) is 0 Å². The molecule has 2 fully saturated rings. The average Bonchev–Trinajstić information content (AvgIpc) is 3.03. The van der Waals surface area contributed by atoms with Gasteiger partial charge in [-0.2, -0.15) is 4.98 Å². The lowest BCUT2D eigenvalue weighted by Crippen LogP contribution is -2.42. The Morgan fingerprint density at radius 3 is 2.50 bits per heavy atom. The van der Waals surface area contributed by atoms with Crippen molar-refractivity contribution in [2.24, 2.45) is 11.8 Å². The van der Waals surface area contributed by atoms with Crippen LogP contribution in [0.2, 0.25) is 5.02 Å². The van der Waals surface area contributed by atoms with Crippen LogP contribution < -0.4 is 24.6 Å². The van der Waals surface area contributed by atoms with Crippen LogP contribution in [0.4, 0.5) is 34.5 Å². The molecule has 236 valence electrons. The average molecular weight is 644 g/mol. The fraction of sp³-hybridized carbons (Fsp3) is 0.433. The molecule has 0 aliphatic carbocycles. The zero-order chi connectivity index (χ0) is 31.2. The van der Waals surface area contributed by atoms with Gasteiger partial charge in [-0.3, -0.25) is 13.7 Å². The number of nitrogens with one attached hydrogen (secondary N) is 2. The van der Waals surface area contributed by atoms with E-state index in [4.69, 9.17) is 16.3 Å². The molecule has 14 heteroatoms. The molecule has 0 spiro atoms. The van der Waals surface area contributed by atoms with Crippen molar-refractivity contribution in [3.63, 3.8) is 0 Å². The van der Waals surface area contributed by atoms with Crippen LogP contribution in [-0.2, 0) is 16.1 Å². The van der Waals surface area contributed by atoms with E-state index in [1.54, 1.807) is 31.4 Å². The van der Waals surface area contributed by atoms with Crippen LogP contribution in [-0.4, -0.2) is 81.6 Å². The Kier molecular flexibility index (Phi) is 10.4. The smallest absolute Gasteiger partial charge is 0.306 e.